The summed E-state index contributed by atoms with van der Waals surface area (Å²) in [4.78, 5) is 16.2. The van der Waals surface area contributed by atoms with Gasteiger partial charge in [0.05, 0.1) is 0 Å². The molecule has 2 aromatic carbocycles. The average Bonchev–Trinajstić information content (AvgIpc) is 2.65. The smallest absolute Gasteiger partial charge is 0.225 e. The van der Waals surface area contributed by atoms with Crippen LogP contribution < -0.4 is 16.0 Å². The molecule has 0 fully saturated rings. The Morgan fingerprint density at radius 1 is 1.19 bits per heavy atom. The predicted octanol–water partition coefficient (Wildman–Crippen LogP) is 3.79. The molecule has 3 N–H and O–H groups in total. The Hall–Kier alpha value is -1.80. The van der Waals surface area contributed by atoms with Crippen molar-refractivity contribution in [2.45, 2.75) is 18.8 Å². The highest BCUT2D eigenvalue weighted by Crippen LogP contribution is 2.31. The molecule has 1 amide bonds. The lowest BCUT2D eigenvalue weighted by Crippen LogP contribution is -2.41. The first-order valence-corrected chi connectivity index (χ1v) is 9.12. The second kappa shape index (κ2) is 10.5. The standard InChI is InChI=1S/C20H23ClN4O.HI/c1-22-20(23-11-10-14-6-2-4-8-17(14)21)24-13-15-12-19(26)25-18-9-5-3-7-16(15)18;/h2-9,15H,10-13H2,1H3,(H,25,26)(H2,22,23,24);1H. The summed E-state index contributed by atoms with van der Waals surface area (Å²) in [6.45, 7) is 1.38. The van der Waals surface area contributed by atoms with Gasteiger partial charge >= 0.3 is 0 Å². The molecule has 27 heavy (non-hydrogen) atoms. The van der Waals surface area contributed by atoms with Crippen molar-refractivity contribution in [1.82, 2.24) is 10.6 Å². The minimum atomic E-state index is 0. The second-order valence-corrected chi connectivity index (χ2v) is 6.66. The van der Waals surface area contributed by atoms with Gasteiger partial charge in [-0.25, -0.2) is 0 Å². The molecule has 1 atom stereocenters. The van der Waals surface area contributed by atoms with E-state index in [1.807, 2.05) is 42.5 Å². The van der Waals surface area contributed by atoms with E-state index < -0.39 is 0 Å². The lowest BCUT2D eigenvalue weighted by atomic mass is 9.90. The largest absolute Gasteiger partial charge is 0.356 e. The van der Waals surface area contributed by atoms with Crippen LogP contribution in [-0.2, 0) is 11.2 Å². The molecule has 1 heterocycles. The topological polar surface area (TPSA) is 65.5 Å². The van der Waals surface area contributed by atoms with Crippen LogP contribution in [0.25, 0.3) is 0 Å². The maximum absolute atomic E-state index is 11.9. The number of rotatable bonds is 5. The zero-order chi connectivity index (χ0) is 18.4. The number of halogens is 2. The van der Waals surface area contributed by atoms with Gasteiger partial charge in [0.1, 0.15) is 0 Å². The first kappa shape index (κ1) is 21.5. The van der Waals surface area contributed by atoms with E-state index in [1.165, 1.54) is 0 Å². The van der Waals surface area contributed by atoms with E-state index in [4.69, 9.17) is 11.6 Å². The number of amides is 1. The summed E-state index contributed by atoms with van der Waals surface area (Å²) < 4.78 is 0. The van der Waals surface area contributed by atoms with Crippen LogP contribution in [0.1, 0.15) is 23.5 Å². The number of carbonyl (C=O) groups excluding carboxylic acids is 1. The van der Waals surface area contributed by atoms with E-state index >= 15 is 0 Å². The van der Waals surface area contributed by atoms with Crippen molar-refractivity contribution in [1.29, 1.82) is 0 Å². The van der Waals surface area contributed by atoms with Crippen LogP contribution in [0.2, 0.25) is 5.02 Å². The van der Waals surface area contributed by atoms with Gasteiger partial charge in [0, 0.05) is 43.2 Å². The molecule has 0 aromatic heterocycles. The molecule has 7 heteroatoms. The molecule has 144 valence electrons. The Morgan fingerprint density at radius 3 is 2.70 bits per heavy atom. The van der Waals surface area contributed by atoms with Crippen molar-refractivity contribution in [2.75, 3.05) is 25.5 Å². The Bertz CT molecular complexity index is 812. The fourth-order valence-electron chi connectivity index (χ4n) is 3.14. The molecule has 1 unspecified atom stereocenters. The Labute approximate surface area is 182 Å². The maximum Gasteiger partial charge on any atom is 0.225 e. The summed E-state index contributed by atoms with van der Waals surface area (Å²) in [7, 11) is 1.74. The third-order valence-corrected chi connectivity index (χ3v) is 4.86. The van der Waals surface area contributed by atoms with E-state index in [9.17, 15) is 4.79 Å². The SMILES string of the molecule is CN=C(NCCc1ccccc1Cl)NCC1CC(=O)Nc2ccccc21.I. The molecule has 0 saturated heterocycles. The molecular weight excluding hydrogens is 475 g/mol. The van der Waals surface area contributed by atoms with E-state index in [2.05, 4.69) is 27.0 Å². The summed E-state index contributed by atoms with van der Waals surface area (Å²) in [5.41, 5.74) is 3.17. The van der Waals surface area contributed by atoms with Crippen molar-refractivity contribution in [2.24, 2.45) is 4.99 Å². The van der Waals surface area contributed by atoms with Crippen LogP contribution in [0.15, 0.2) is 53.5 Å². The van der Waals surface area contributed by atoms with Gasteiger partial charge in [-0.1, -0.05) is 48.0 Å². The van der Waals surface area contributed by atoms with E-state index in [0.29, 0.717) is 13.0 Å². The van der Waals surface area contributed by atoms with Crippen LogP contribution in [0.3, 0.4) is 0 Å². The number of aliphatic imine (C=N–C) groups is 1. The lowest BCUT2D eigenvalue weighted by Gasteiger charge is -2.26. The van der Waals surface area contributed by atoms with Crippen LogP contribution in [0.5, 0.6) is 0 Å². The first-order valence-electron chi connectivity index (χ1n) is 8.74. The highest BCUT2D eigenvalue weighted by atomic mass is 127. The van der Waals surface area contributed by atoms with Crippen molar-refractivity contribution in [3.8, 4) is 0 Å². The van der Waals surface area contributed by atoms with Gasteiger partial charge in [0.25, 0.3) is 0 Å². The van der Waals surface area contributed by atoms with Gasteiger partial charge < -0.3 is 16.0 Å². The second-order valence-electron chi connectivity index (χ2n) is 6.26. The van der Waals surface area contributed by atoms with Crippen LogP contribution >= 0.6 is 35.6 Å². The fourth-order valence-corrected chi connectivity index (χ4v) is 3.37. The number of carbonyl (C=O) groups is 1. The molecule has 2 aromatic rings. The third kappa shape index (κ3) is 5.84. The summed E-state index contributed by atoms with van der Waals surface area (Å²) in [6, 6.07) is 15.8. The van der Waals surface area contributed by atoms with Gasteiger partial charge in [0.15, 0.2) is 5.96 Å². The number of para-hydroxylation sites is 1. The van der Waals surface area contributed by atoms with Gasteiger partial charge in [-0.05, 0) is 29.7 Å². The lowest BCUT2D eigenvalue weighted by molar-refractivity contribution is -0.116. The molecule has 5 nitrogen and oxygen atoms in total. The number of fused-ring (bicyclic) bond motifs is 1. The van der Waals surface area contributed by atoms with E-state index in [1.54, 1.807) is 7.05 Å². The molecule has 1 aliphatic rings. The molecule has 0 radical (unpaired) electrons. The van der Waals surface area contributed by atoms with Gasteiger partial charge in [-0.3, -0.25) is 9.79 Å². The molecule has 0 aliphatic carbocycles. The van der Waals surface area contributed by atoms with Gasteiger partial charge in [-0.15, -0.1) is 24.0 Å². The number of guanidine groups is 1. The Kier molecular flexibility index (Phi) is 8.37. The number of benzene rings is 2. The summed E-state index contributed by atoms with van der Waals surface area (Å²) in [6.07, 6.45) is 1.29. The maximum atomic E-state index is 11.9. The number of hydrogen-bond donors (Lipinski definition) is 3. The van der Waals surface area contributed by atoms with Crippen LogP contribution in [-0.4, -0.2) is 32.0 Å². The zero-order valence-electron chi connectivity index (χ0n) is 15.2. The monoisotopic (exact) mass is 498 g/mol. The molecular formula is C20H24ClIN4O. The minimum absolute atomic E-state index is 0. The van der Waals surface area contributed by atoms with Crippen molar-refractivity contribution in [3.63, 3.8) is 0 Å². The van der Waals surface area contributed by atoms with Crippen molar-refractivity contribution in [3.05, 3.63) is 64.7 Å². The Balaban J connectivity index is 0.00000261. The van der Waals surface area contributed by atoms with Crippen molar-refractivity contribution < 1.29 is 4.79 Å². The predicted molar refractivity (Wildman–Crippen MR) is 122 cm³/mol. The zero-order valence-corrected chi connectivity index (χ0v) is 18.3. The summed E-state index contributed by atoms with van der Waals surface area (Å²) >= 11 is 6.19. The van der Waals surface area contributed by atoms with E-state index in [0.717, 1.165) is 40.8 Å². The average molecular weight is 499 g/mol. The number of anilines is 1. The minimum Gasteiger partial charge on any atom is -0.356 e. The molecule has 0 spiro atoms. The number of hydrogen-bond acceptors (Lipinski definition) is 2. The van der Waals surface area contributed by atoms with Gasteiger partial charge in [-0.2, -0.15) is 0 Å². The normalized spacial score (nSPS) is 16.0. The molecule has 3 rings (SSSR count). The summed E-state index contributed by atoms with van der Waals surface area (Å²) in [5.74, 6) is 0.903. The molecule has 0 bridgehead atoms. The van der Waals surface area contributed by atoms with Crippen LogP contribution in [0, 0.1) is 0 Å². The molecule has 1 aliphatic heterocycles. The first-order chi connectivity index (χ1) is 12.7. The molecule has 0 saturated carbocycles. The van der Waals surface area contributed by atoms with Crippen molar-refractivity contribution >= 4 is 53.1 Å². The summed E-state index contributed by atoms with van der Waals surface area (Å²) in [5, 5.41) is 10.3. The quantitative estimate of drug-likeness (QED) is 0.334. The fraction of sp³-hybridized carbons (Fsp3) is 0.300. The van der Waals surface area contributed by atoms with Crippen LogP contribution in [0.4, 0.5) is 5.69 Å². The number of nitrogens with zero attached hydrogens (tertiary/aromatic N) is 1. The highest BCUT2D eigenvalue weighted by molar-refractivity contribution is 14.0. The van der Waals surface area contributed by atoms with Gasteiger partial charge in [0.2, 0.25) is 5.91 Å². The Morgan fingerprint density at radius 2 is 1.93 bits per heavy atom. The third-order valence-electron chi connectivity index (χ3n) is 4.49. The highest BCUT2D eigenvalue weighted by Gasteiger charge is 2.24. The number of nitrogens with one attached hydrogen (secondary N) is 3. The van der Waals surface area contributed by atoms with E-state index in [-0.39, 0.29) is 35.8 Å².